The first-order chi connectivity index (χ1) is 12.7. The molecule has 1 unspecified atom stereocenters. The average molecular weight is 352 g/mol. The first kappa shape index (κ1) is 18.3. The second-order valence-corrected chi connectivity index (χ2v) is 6.86. The van der Waals surface area contributed by atoms with Crippen LogP contribution in [0.25, 0.3) is 0 Å². The summed E-state index contributed by atoms with van der Waals surface area (Å²) in [5.41, 5.74) is 3.26. The number of carbonyl (C=O) groups excluding carboxylic acids is 1. The highest BCUT2D eigenvalue weighted by Gasteiger charge is 2.26. The van der Waals surface area contributed by atoms with Crippen molar-refractivity contribution in [3.05, 3.63) is 59.7 Å². The van der Waals surface area contributed by atoms with Crippen LogP contribution in [0, 0.1) is 6.92 Å². The van der Waals surface area contributed by atoms with Crippen molar-refractivity contribution in [2.45, 2.75) is 45.6 Å². The van der Waals surface area contributed by atoms with Gasteiger partial charge in [0.1, 0.15) is 5.75 Å². The number of anilines is 1. The zero-order chi connectivity index (χ0) is 18.4. The third kappa shape index (κ3) is 4.57. The van der Waals surface area contributed by atoms with Crippen molar-refractivity contribution in [3.63, 3.8) is 0 Å². The van der Waals surface area contributed by atoms with Crippen LogP contribution in [0.2, 0.25) is 0 Å². The van der Waals surface area contributed by atoms with E-state index in [1.54, 1.807) is 0 Å². The zero-order valence-corrected chi connectivity index (χ0v) is 15.7. The van der Waals surface area contributed by atoms with Crippen molar-refractivity contribution in [2.75, 3.05) is 18.5 Å². The molecule has 0 bridgehead atoms. The molecule has 0 aliphatic carbocycles. The lowest BCUT2D eigenvalue weighted by atomic mass is 10.00. The third-order valence-electron chi connectivity index (χ3n) is 4.89. The maximum absolute atomic E-state index is 13.0. The smallest absolute Gasteiger partial charge is 0.322 e. The van der Waals surface area contributed by atoms with Crippen LogP contribution in [0.1, 0.15) is 49.8 Å². The molecule has 2 aromatic carbocycles. The zero-order valence-electron chi connectivity index (χ0n) is 15.7. The molecular weight excluding hydrogens is 324 g/mol. The van der Waals surface area contributed by atoms with E-state index in [1.807, 2.05) is 36.1 Å². The van der Waals surface area contributed by atoms with Crippen LogP contribution in [0.3, 0.4) is 0 Å². The van der Waals surface area contributed by atoms with Gasteiger partial charge in [-0.2, -0.15) is 0 Å². The number of nitrogens with zero attached hydrogens (tertiary/aromatic N) is 1. The van der Waals surface area contributed by atoms with Crippen LogP contribution in [-0.2, 0) is 0 Å². The van der Waals surface area contributed by atoms with E-state index in [9.17, 15) is 4.79 Å². The molecule has 4 heteroatoms. The van der Waals surface area contributed by atoms with Crippen molar-refractivity contribution >= 4 is 11.7 Å². The number of hydrogen-bond acceptors (Lipinski definition) is 2. The molecule has 3 rings (SSSR count). The van der Waals surface area contributed by atoms with Crippen molar-refractivity contribution < 1.29 is 9.53 Å². The van der Waals surface area contributed by atoms with Crippen molar-refractivity contribution in [1.29, 1.82) is 0 Å². The predicted molar refractivity (Wildman–Crippen MR) is 106 cm³/mol. The number of aryl methyl sites for hydroxylation is 1. The highest BCUT2D eigenvalue weighted by Crippen LogP contribution is 2.31. The lowest BCUT2D eigenvalue weighted by Gasteiger charge is -2.30. The second kappa shape index (κ2) is 8.75. The van der Waals surface area contributed by atoms with Gasteiger partial charge in [-0.25, -0.2) is 4.79 Å². The van der Waals surface area contributed by atoms with Gasteiger partial charge in [0, 0.05) is 12.2 Å². The van der Waals surface area contributed by atoms with Gasteiger partial charge in [-0.1, -0.05) is 42.7 Å². The fourth-order valence-corrected chi connectivity index (χ4v) is 3.48. The van der Waals surface area contributed by atoms with Gasteiger partial charge < -0.3 is 15.0 Å². The standard InChI is InChI=1S/C22H28N2O2/c1-3-26-20-14-12-19(13-15-20)23-22(25)24-16-6-4-5-7-21(24)18-10-8-17(2)9-11-18/h8-15,21H,3-7,16H2,1-2H3,(H,23,25). The lowest BCUT2D eigenvalue weighted by molar-refractivity contribution is 0.189. The minimum Gasteiger partial charge on any atom is -0.494 e. The molecular formula is C22H28N2O2. The van der Waals surface area contributed by atoms with E-state index in [2.05, 4.69) is 36.5 Å². The van der Waals surface area contributed by atoms with Gasteiger partial charge in [-0.15, -0.1) is 0 Å². The Hall–Kier alpha value is -2.49. The van der Waals surface area contributed by atoms with Gasteiger partial charge >= 0.3 is 6.03 Å². The largest absolute Gasteiger partial charge is 0.494 e. The van der Waals surface area contributed by atoms with Gasteiger partial charge in [0.25, 0.3) is 0 Å². The number of benzene rings is 2. The average Bonchev–Trinajstić information content (AvgIpc) is 2.90. The molecule has 1 saturated heterocycles. The molecule has 2 amide bonds. The number of ether oxygens (including phenoxy) is 1. The quantitative estimate of drug-likeness (QED) is 0.784. The summed E-state index contributed by atoms with van der Waals surface area (Å²) in [5, 5.41) is 3.05. The van der Waals surface area contributed by atoms with Crippen molar-refractivity contribution in [2.24, 2.45) is 0 Å². The Kier molecular flexibility index (Phi) is 6.16. The van der Waals surface area contributed by atoms with Crippen molar-refractivity contribution in [1.82, 2.24) is 4.90 Å². The molecule has 4 nitrogen and oxygen atoms in total. The molecule has 1 atom stereocenters. The highest BCUT2D eigenvalue weighted by atomic mass is 16.5. The summed E-state index contributed by atoms with van der Waals surface area (Å²) in [6.45, 7) is 5.48. The Labute approximate surface area is 156 Å². The topological polar surface area (TPSA) is 41.6 Å². The third-order valence-corrected chi connectivity index (χ3v) is 4.89. The molecule has 2 aromatic rings. The Morgan fingerprint density at radius 1 is 1.08 bits per heavy atom. The summed E-state index contributed by atoms with van der Waals surface area (Å²) < 4.78 is 5.46. The number of hydrogen-bond donors (Lipinski definition) is 1. The van der Waals surface area contributed by atoms with Gasteiger partial charge in [-0.3, -0.25) is 0 Å². The Morgan fingerprint density at radius 2 is 1.81 bits per heavy atom. The minimum atomic E-state index is -0.0263. The van der Waals surface area contributed by atoms with E-state index in [4.69, 9.17) is 4.74 Å². The van der Waals surface area contributed by atoms with Gasteiger partial charge in [0.2, 0.25) is 0 Å². The number of urea groups is 1. The summed E-state index contributed by atoms with van der Waals surface area (Å²) in [5.74, 6) is 0.817. The molecule has 0 radical (unpaired) electrons. The Morgan fingerprint density at radius 3 is 2.50 bits per heavy atom. The van der Waals surface area contributed by atoms with E-state index in [-0.39, 0.29) is 12.1 Å². The van der Waals surface area contributed by atoms with E-state index in [0.717, 1.165) is 37.2 Å². The normalized spacial score (nSPS) is 17.5. The van der Waals surface area contributed by atoms with Gasteiger partial charge in [0.15, 0.2) is 0 Å². The SMILES string of the molecule is CCOc1ccc(NC(=O)N2CCCCCC2c2ccc(C)cc2)cc1. The van der Waals surface area contributed by atoms with Crippen LogP contribution in [0.4, 0.5) is 10.5 Å². The van der Waals surface area contributed by atoms with E-state index < -0.39 is 0 Å². The molecule has 1 fully saturated rings. The number of nitrogens with one attached hydrogen (secondary N) is 1. The fraction of sp³-hybridized carbons (Fsp3) is 0.409. The van der Waals surface area contributed by atoms with E-state index in [1.165, 1.54) is 17.5 Å². The lowest BCUT2D eigenvalue weighted by Crippen LogP contribution is -2.38. The van der Waals surface area contributed by atoms with Crippen LogP contribution >= 0.6 is 0 Å². The van der Waals surface area contributed by atoms with Crippen LogP contribution in [-0.4, -0.2) is 24.1 Å². The molecule has 1 heterocycles. The monoisotopic (exact) mass is 352 g/mol. The summed E-state index contributed by atoms with van der Waals surface area (Å²) in [7, 11) is 0. The number of likely N-dealkylation sites (tertiary alicyclic amines) is 1. The Balaban J connectivity index is 1.74. The maximum Gasteiger partial charge on any atom is 0.322 e. The van der Waals surface area contributed by atoms with Gasteiger partial charge in [-0.05, 0) is 56.5 Å². The molecule has 1 N–H and O–H groups in total. The molecule has 1 aliphatic rings. The minimum absolute atomic E-state index is 0.0263. The Bertz CT molecular complexity index is 710. The molecule has 1 aliphatic heterocycles. The van der Waals surface area contributed by atoms with Crippen molar-refractivity contribution in [3.8, 4) is 5.75 Å². The van der Waals surface area contributed by atoms with Gasteiger partial charge in [0.05, 0.1) is 12.6 Å². The fourth-order valence-electron chi connectivity index (χ4n) is 3.48. The summed E-state index contributed by atoms with van der Waals surface area (Å²) in [6.07, 6.45) is 4.40. The maximum atomic E-state index is 13.0. The molecule has 0 saturated carbocycles. The summed E-state index contributed by atoms with van der Waals surface area (Å²) in [6, 6.07) is 16.2. The molecule has 26 heavy (non-hydrogen) atoms. The van der Waals surface area contributed by atoms with E-state index in [0.29, 0.717) is 6.61 Å². The van der Waals surface area contributed by atoms with Crippen LogP contribution in [0.5, 0.6) is 5.75 Å². The summed E-state index contributed by atoms with van der Waals surface area (Å²) in [4.78, 5) is 15.0. The highest BCUT2D eigenvalue weighted by molar-refractivity contribution is 5.89. The summed E-state index contributed by atoms with van der Waals surface area (Å²) >= 11 is 0. The molecule has 0 spiro atoms. The number of amides is 2. The number of rotatable bonds is 4. The van der Waals surface area contributed by atoms with Crippen LogP contribution in [0.15, 0.2) is 48.5 Å². The molecule has 138 valence electrons. The molecule has 0 aromatic heterocycles. The van der Waals surface area contributed by atoms with Crippen LogP contribution < -0.4 is 10.1 Å². The second-order valence-electron chi connectivity index (χ2n) is 6.86. The predicted octanol–water partition coefficient (Wildman–Crippen LogP) is 5.54. The first-order valence-corrected chi connectivity index (χ1v) is 9.54. The van der Waals surface area contributed by atoms with E-state index >= 15 is 0 Å². The first-order valence-electron chi connectivity index (χ1n) is 9.54. The number of carbonyl (C=O) groups is 1.